The van der Waals surface area contributed by atoms with Crippen molar-refractivity contribution < 1.29 is 14.3 Å². The molecule has 0 aliphatic carbocycles. The van der Waals surface area contributed by atoms with Crippen LogP contribution in [0, 0.1) is 5.92 Å². The number of esters is 1. The van der Waals surface area contributed by atoms with Gasteiger partial charge < -0.3 is 9.47 Å². The average molecular weight is 287 g/mol. The second kappa shape index (κ2) is 6.31. The van der Waals surface area contributed by atoms with Crippen molar-refractivity contribution in [3.05, 3.63) is 35.9 Å². The summed E-state index contributed by atoms with van der Waals surface area (Å²) in [5.41, 5.74) is 0.960. The quantitative estimate of drug-likeness (QED) is 0.629. The molecule has 0 aromatic heterocycles. The van der Waals surface area contributed by atoms with Crippen molar-refractivity contribution in [3.8, 4) is 5.75 Å². The van der Waals surface area contributed by atoms with Gasteiger partial charge >= 0.3 is 5.97 Å². The van der Waals surface area contributed by atoms with Gasteiger partial charge in [-0.05, 0) is 55.6 Å². The molecule has 4 nitrogen and oxygen atoms in total. The zero-order valence-electron chi connectivity index (χ0n) is 12.3. The predicted octanol–water partition coefficient (Wildman–Crippen LogP) is 2.35. The van der Waals surface area contributed by atoms with Gasteiger partial charge in [-0.25, -0.2) is 4.79 Å². The van der Waals surface area contributed by atoms with Gasteiger partial charge in [0.15, 0.2) is 0 Å². The minimum Gasteiger partial charge on any atom is -0.497 e. The first-order chi connectivity index (χ1) is 10.2. The molecule has 0 spiro atoms. The first kappa shape index (κ1) is 14.1. The minimum atomic E-state index is -0.246. The van der Waals surface area contributed by atoms with Crippen LogP contribution in [-0.2, 0) is 9.53 Å². The number of benzene rings is 1. The van der Waals surface area contributed by atoms with Crippen LogP contribution in [0.25, 0.3) is 6.08 Å². The van der Waals surface area contributed by atoms with Crippen LogP contribution >= 0.6 is 0 Å². The number of methoxy groups -OCH3 is 1. The van der Waals surface area contributed by atoms with Crippen molar-refractivity contribution in [2.24, 2.45) is 5.92 Å². The first-order valence-electron chi connectivity index (χ1n) is 7.50. The van der Waals surface area contributed by atoms with E-state index in [2.05, 4.69) is 4.90 Å². The number of ether oxygens (including phenoxy) is 2. The Hall–Kier alpha value is -1.81. The normalized spacial score (nSPS) is 27.8. The summed E-state index contributed by atoms with van der Waals surface area (Å²) in [5.74, 6) is 1.11. The lowest BCUT2D eigenvalue weighted by atomic mass is 9.86. The van der Waals surface area contributed by atoms with Crippen LogP contribution in [0.15, 0.2) is 30.3 Å². The first-order valence-corrected chi connectivity index (χ1v) is 7.50. The summed E-state index contributed by atoms with van der Waals surface area (Å²) in [4.78, 5) is 14.3. The van der Waals surface area contributed by atoms with Gasteiger partial charge in [-0.3, -0.25) is 4.90 Å². The molecule has 3 heterocycles. The van der Waals surface area contributed by atoms with Crippen LogP contribution in [0.5, 0.6) is 5.75 Å². The van der Waals surface area contributed by atoms with Gasteiger partial charge in [-0.15, -0.1) is 0 Å². The summed E-state index contributed by atoms with van der Waals surface area (Å²) in [7, 11) is 1.64. The topological polar surface area (TPSA) is 38.8 Å². The Balaban J connectivity index is 1.54. The maximum absolute atomic E-state index is 11.9. The third-order valence-corrected chi connectivity index (χ3v) is 4.39. The SMILES string of the molecule is COc1ccc(/C=C/C(=O)OC2CN3CCC2CC3)cc1. The monoisotopic (exact) mass is 287 g/mol. The molecule has 3 aliphatic rings. The summed E-state index contributed by atoms with van der Waals surface area (Å²) in [6.45, 7) is 3.20. The number of hydrogen-bond donors (Lipinski definition) is 0. The van der Waals surface area contributed by atoms with Gasteiger partial charge in [0.1, 0.15) is 11.9 Å². The van der Waals surface area contributed by atoms with Crippen LogP contribution in [0.2, 0.25) is 0 Å². The number of hydrogen-bond acceptors (Lipinski definition) is 4. The lowest BCUT2D eigenvalue weighted by Crippen LogP contribution is -2.51. The molecule has 1 aromatic rings. The molecule has 3 aliphatic heterocycles. The van der Waals surface area contributed by atoms with Gasteiger partial charge in [-0.1, -0.05) is 12.1 Å². The van der Waals surface area contributed by atoms with E-state index in [9.17, 15) is 4.79 Å². The van der Waals surface area contributed by atoms with Crippen molar-refractivity contribution in [2.75, 3.05) is 26.7 Å². The number of carbonyl (C=O) groups is 1. The molecule has 0 radical (unpaired) electrons. The van der Waals surface area contributed by atoms with E-state index in [-0.39, 0.29) is 12.1 Å². The molecule has 3 fully saturated rings. The smallest absolute Gasteiger partial charge is 0.331 e. The highest BCUT2D eigenvalue weighted by molar-refractivity contribution is 5.87. The highest BCUT2D eigenvalue weighted by Crippen LogP contribution is 2.29. The van der Waals surface area contributed by atoms with Crippen LogP contribution in [0.4, 0.5) is 0 Å². The van der Waals surface area contributed by atoms with Gasteiger partial charge in [0, 0.05) is 12.6 Å². The van der Waals surface area contributed by atoms with Gasteiger partial charge in [0.05, 0.1) is 7.11 Å². The maximum atomic E-state index is 11.9. The molecular formula is C17H21NO3. The molecule has 4 heteroatoms. The van der Waals surface area contributed by atoms with Crippen LogP contribution in [0.1, 0.15) is 18.4 Å². The van der Waals surface area contributed by atoms with E-state index < -0.39 is 0 Å². The van der Waals surface area contributed by atoms with E-state index in [4.69, 9.17) is 9.47 Å². The molecule has 4 rings (SSSR count). The van der Waals surface area contributed by atoms with E-state index in [1.807, 2.05) is 24.3 Å². The fraction of sp³-hybridized carbons (Fsp3) is 0.471. The van der Waals surface area contributed by atoms with Crippen molar-refractivity contribution in [1.82, 2.24) is 4.90 Å². The maximum Gasteiger partial charge on any atom is 0.331 e. The van der Waals surface area contributed by atoms with Gasteiger partial charge in [-0.2, -0.15) is 0 Å². The average Bonchev–Trinajstić information content (AvgIpc) is 2.54. The number of fused-ring (bicyclic) bond motifs is 3. The zero-order chi connectivity index (χ0) is 14.7. The van der Waals surface area contributed by atoms with Crippen LogP contribution in [0.3, 0.4) is 0 Å². The molecule has 112 valence electrons. The molecule has 1 atom stereocenters. The third-order valence-electron chi connectivity index (χ3n) is 4.39. The molecule has 0 saturated carbocycles. The number of carbonyl (C=O) groups excluding carboxylic acids is 1. The van der Waals surface area contributed by atoms with E-state index in [1.165, 1.54) is 6.08 Å². The fourth-order valence-corrected chi connectivity index (χ4v) is 3.11. The molecule has 3 saturated heterocycles. The van der Waals surface area contributed by atoms with E-state index in [0.717, 1.165) is 43.8 Å². The van der Waals surface area contributed by atoms with Crippen molar-refractivity contribution in [1.29, 1.82) is 0 Å². The molecular weight excluding hydrogens is 266 g/mol. The Labute approximate surface area is 125 Å². The summed E-state index contributed by atoms with van der Waals surface area (Å²) in [5, 5.41) is 0. The molecule has 1 unspecified atom stereocenters. The van der Waals surface area contributed by atoms with Crippen molar-refractivity contribution in [3.63, 3.8) is 0 Å². The highest BCUT2D eigenvalue weighted by atomic mass is 16.5. The standard InChI is InChI=1S/C17H21NO3/c1-20-15-5-2-13(3-6-15)4-7-17(19)21-16-12-18-10-8-14(16)9-11-18/h2-7,14,16H,8-12H2,1H3/b7-4+. The molecule has 0 amide bonds. The summed E-state index contributed by atoms with van der Waals surface area (Å²) < 4.78 is 10.7. The van der Waals surface area contributed by atoms with E-state index in [1.54, 1.807) is 13.2 Å². The largest absolute Gasteiger partial charge is 0.497 e. The number of piperidine rings is 3. The molecule has 2 bridgehead atoms. The molecule has 0 N–H and O–H groups in total. The second-order valence-corrected chi connectivity index (χ2v) is 5.72. The van der Waals surface area contributed by atoms with Crippen molar-refractivity contribution in [2.45, 2.75) is 18.9 Å². The van der Waals surface area contributed by atoms with Crippen LogP contribution in [-0.4, -0.2) is 43.7 Å². The lowest BCUT2D eigenvalue weighted by molar-refractivity contribution is -0.152. The van der Waals surface area contributed by atoms with E-state index in [0.29, 0.717) is 5.92 Å². The van der Waals surface area contributed by atoms with Crippen molar-refractivity contribution >= 4 is 12.0 Å². The van der Waals surface area contributed by atoms with Crippen LogP contribution < -0.4 is 4.74 Å². The number of nitrogens with zero attached hydrogens (tertiary/aromatic N) is 1. The third kappa shape index (κ3) is 3.45. The summed E-state index contributed by atoms with van der Waals surface area (Å²) in [6.07, 6.45) is 5.67. The van der Waals surface area contributed by atoms with E-state index >= 15 is 0 Å². The van der Waals surface area contributed by atoms with Gasteiger partial charge in [0.2, 0.25) is 0 Å². The Bertz CT molecular complexity index is 515. The highest BCUT2D eigenvalue weighted by Gasteiger charge is 2.36. The zero-order valence-corrected chi connectivity index (χ0v) is 12.3. The summed E-state index contributed by atoms with van der Waals surface area (Å²) in [6, 6.07) is 7.57. The molecule has 1 aromatic carbocycles. The Morgan fingerprint density at radius 2 is 1.95 bits per heavy atom. The molecule has 21 heavy (non-hydrogen) atoms. The second-order valence-electron chi connectivity index (χ2n) is 5.72. The fourth-order valence-electron chi connectivity index (χ4n) is 3.11. The predicted molar refractivity (Wildman–Crippen MR) is 81.1 cm³/mol. The number of rotatable bonds is 4. The Kier molecular flexibility index (Phi) is 4.25. The summed E-state index contributed by atoms with van der Waals surface area (Å²) >= 11 is 0. The Morgan fingerprint density at radius 3 is 2.52 bits per heavy atom. The van der Waals surface area contributed by atoms with Gasteiger partial charge in [0.25, 0.3) is 0 Å². The minimum absolute atomic E-state index is 0.0699. The lowest BCUT2D eigenvalue weighted by Gasteiger charge is -2.43. The Morgan fingerprint density at radius 1 is 1.24 bits per heavy atom.